The van der Waals surface area contributed by atoms with Crippen LogP contribution in [0.25, 0.3) is 0 Å². The van der Waals surface area contributed by atoms with Gasteiger partial charge in [-0.3, -0.25) is 9.97 Å². The molecule has 2 spiro atoms. The number of aryl methyl sites for hydroxylation is 2. The van der Waals surface area contributed by atoms with E-state index in [9.17, 15) is 31.1 Å². The Morgan fingerprint density at radius 2 is 1.17 bits per heavy atom. The van der Waals surface area contributed by atoms with Crippen LogP contribution in [0.1, 0.15) is 81.0 Å². The standard InChI is InChI=1S/C22H23F3N2O3.C15H21NO.C6H4F3NO.CH4/c1-15-3-2-4-17(9-15)29-19-11-21(12-19)5-7-27(8-6-21)20(28)30-18-10-16(13-26-14-18)22(23,24)25;1-12-3-2-4-13(9-12)17-14-10-15(11-14)5-7-16-8-6-15;7-6(8,9)4-1-5(11)3-10-2-4;/h2-4,9-10,13-14,19H,5-8,11-12H2,1H3;2-4,9,14,16H,5-8,10-11H2,1H3;1-3,11H;1H4. The van der Waals surface area contributed by atoms with E-state index < -0.39 is 35.3 Å². The lowest BCUT2D eigenvalue weighted by Crippen LogP contribution is -2.52. The van der Waals surface area contributed by atoms with Gasteiger partial charge in [0.1, 0.15) is 17.2 Å². The zero-order valence-corrected chi connectivity index (χ0v) is 32.4. The average Bonchev–Trinajstić information content (AvgIpc) is 3.14. The fraction of sp³-hybridized carbons (Fsp3) is 0.477. The Labute approximate surface area is 341 Å². The van der Waals surface area contributed by atoms with E-state index in [1.54, 1.807) is 4.90 Å². The van der Waals surface area contributed by atoms with Crippen LogP contribution in [-0.2, 0) is 12.4 Å². The molecule has 8 rings (SSSR count). The van der Waals surface area contributed by atoms with E-state index in [0.29, 0.717) is 43.1 Å². The van der Waals surface area contributed by atoms with E-state index >= 15 is 0 Å². The predicted molar refractivity (Wildman–Crippen MR) is 210 cm³/mol. The highest BCUT2D eigenvalue weighted by atomic mass is 19.4. The topological polar surface area (TPSA) is 106 Å². The highest BCUT2D eigenvalue weighted by molar-refractivity contribution is 5.70. The number of nitrogens with zero attached hydrogens (tertiary/aromatic N) is 3. The minimum atomic E-state index is -4.53. The minimum absolute atomic E-state index is 0. The lowest BCUT2D eigenvalue weighted by atomic mass is 9.61. The number of ether oxygens (including phenoxy) is 3. The van der Waals surface area contributed by atoms with Crippen molar-refractivity contribution < 1.29 is 50.5 Å². The molecule has 2 saturated heterocycles. The second-order valence-corrected chi connectivity index (χ2v) is 15.9. The van der Waals surface area contributed by atoms with Gasteiger partial charge in [0.25, 0.3) is 0 Å². The number of piperidine rings is 2. The van der Waals surface area contributed by atoms with Crippen LogP contribution in [0.3, 0.4) is 0 Å². The summed E-state index contributed by atoms with van der Waals surface area (Å²) in [5, 5.41) is 12.1. The van der Waals surface area contributed by atoms with Gasteiger partial charge in [-0.05, 0) is 137 Å². The summed E-state index contributed by atoms with van der Waals surface area (Å²) in [6, 6.07) is 17.8. The highest BCUT2D eigenvalue weighted by Crippen LogP contribution is 2.51. The Balaban J connectivity index is 0.000000191. The summed E-state index contributed by atoms with van der Waals surface area (Å²) in [5.41, 5.74) is 1.32. The third kappa shape index (κ3) is 12.5. The number of benzene rings is 2. The first-order valence-electron chi connectivity index (χ1n) is 19.4. The lowest BCUT2D eigenvalue weighted by molar-refractivity contribution is -0.138. The largest absolute Gasteiger partial charge is 0.506 e. The van der Waals surface area contributed by atoms with Crippen molar-refractivity contribution in [3.63, 3.8) is 0 Å². The maximum atomic E-state index is 12.8. The monoisotopic (exact) mass is 830 g/mol. The summed E-state index contributed by atoms with van der Waals surface area (Å²) in [6.07, 6.45) is 3.15. The lowest BCUT2D eigenvalue weighted by Gasteiger charge is -2.51. The first-order valence-corrected chi connectivity index (χ1v) is 19.4. The number of likely N-dealkylation sites (tertiary alicyclic amines) is 1. The summed E-state index contributed by atoms with van der Waals surface area (Å²) in [6.45, 7) is 7.56. The molecule has 2 N–H and O–H groups in total. The molecule has 0 atom stereocenters. The van der Waals surface area contributed by atoms with Crippen molar-refractivity contribution in [3.8, 4) is 23.0 Å². The number of carbonyl (C=O) groups is 1. The van der Waals surface area contributed by atoms with Gasteiger partial charge in [-0.25, -0.2) is 4.79 Å². The van der Waals surface area contributed by atoms with Gasteiger partial charge >= 0.3 is 18.4 Å². The third-order valence-electron chi connectivity index (χ3n) is 11.3. The van der Waals surface area contributed by atoms with Crippen molar-refractivity contribution in [3.05, 3.63) is 108 Å². The molecule has 4 fully saturated rings. The normalized spacial score (nSPS) is 19.3. The van der Waals surface area contributed by atoms with E-state index in [1.165, 1.54) is 44.3 Å². The van der Waals surface area contributed by atoms with Gasteiger partial charge in [-0.2, -0.15) is 26.3 Å². The number of alkyl halides is 6. The van der Waals surface area contributed by atoms with Crippen molar-refractivity contribution in [2.75, 3.05) is 26.2 Å². The molecule has 4 aromatic rings. The molecule has 320 valence electrons. The molecular weight excluding hydrogens is 778 g/mol. The minimum Gasteiger partial charge on any atom is -0.506 e. The SMILES string of the molecule is C.Cc1cccc(OC2CC3(CCN(C(=O)Oc4cncc(C(F)(F)F)c4)CC3)C2)c1.Cc1cccc(OC2CC3(CCNCC3)C2)c1.Oc1cncc(C(F)(F)F)c1. The number of aromatic hydroxyl groups is 1. The number of hydrogen-bond donors (Lipinski definition) is 2. The summed E-state index contributed by atoms with van der Waals surface area (Å²) in [4.78, 5) is 20.6. The van der Waals surface area contributed by atoms with Gasteiger partial charge < -0.3 is 29.5 Å². The first-order chi connectivity index (χ1) is 27.5. The van der Waals surface area contributed by atoms with Gasteiger partial charge in [0.15, 0.2) is 5.75 Å². The third-order valence-corrected chi connectivity index (χ3v) is 11.3. The molecule has 2 aliphatic carbocycles. The van der Waals surface area contributed by atoms with Crippen molar-refractivity contribution in [2.45, 2.75) is 97.2 Å². The number of hydrogen-bond acceptors (Lipinski definition) is 8. The number of amides is 1. The first kappa shape index (κ1) is 45.0. The molecular formula is C44H52F6N4O5. The molecule has 2 aromatic heterocycles. The molecule has 59 heavy (non-hydrogen) atoms. The Bertz CT molecular complexity index is 1980. The van der Waals surface area contributed by atoms with Gasteiger partial charge in [0.2, 0.25) is 0 Å². The fourth-order valence-electron chi connectivity index (χ4n) is 8.06. The predicted octanol–water partition coefficient (Wildman–Crippen LogP) is 10.6. The van der Waals surface area contributed by atoms with Crippen LogP contribution in [0.2, 0.25) is 0 Å². The van der Waals surface area contributed by atoms with Crippen LogP contribution in [0.4, 0.5) is 31.1 Å². The number of halogens is 6. The van der Waals surface area contributed by atoms with Gasteiger partial charge in [0, 0.05) is 25.5 Å². The maximum Gasteiger partial charge on any atom is 0.418 e. The number of pyridine rings is 2. The van der Waals surface area contributed by atoms with Crippen molar-refractivity contribution in [1.29, 1.82) is 0 Å². The number of nitrogens with one attached hydrogen (secondary N) is 1. The van der Waals surface area contributed by atoms with Gasteiger partial charge in [0.05, 0.1) is 35.7 Å². The van der Waals surface area contributed by atoms with Crippen LogP contribution >= 0.6 is 0 Å². The van der Waals surface area contributed by atoms with Crippen molar-refractivity contribution in [1.82, 2.24) is 20.2 Å². The van der Waals surface area contributed by atoms with Crippen molar-refractivity contribution >= 4 is 6.09 Å². The van der Waals surface area contributed by atoms with Gasteiger partial charge in [-0.1, -0.05) is 31.7 Å². The van der Waals surface area contributed by atoms with Crippen LogP contribution in [0, 0.1) is 24.7 Å². The second kappa shape index (κ2) is 18.9. The molecule has 1 amide bonds. The molecule has 2 aliphatic heterocycles. The van der Waals surface area contributed by atoms with Crippen LogP contribution in [0.5, 0.6) is 23.0 Å². The number of carbonyl (C=O) groups excluding carboxylic acids is 1. The quantitative estimate of drug-likeness (QED) is 0.192. The molecule has 0 radical (unpaired) electrons. The van der Waals surface area contributed by atoms with E-state index in [1.807, 2.05) is 31.2 Å². The molecule has 15 heteroatoms. The number of rotatable bonds is 5. The van der Waals surface area contributed by atoms with Crippen LogP contribution in [0.15, 0.2) is 85.5 Å². The molecule has 4 aliphatic rings. The smallest absolute Gasteiger partial charge is 0.418 e. The zero-order chi connectivity index (χ0) is 41.6. The van der Waals surface area contributed by atoms with Crippen molar-refractivity contribution in [2.24, 2.45) is 10.8 Å². The van der Waals surface area contributed by atoms with Crippen LogP contribution in [-0.4, -0.2) is 64.5 Å². The number of aromatic nitrogens is 2. The average molecular weight is 831 g/mol. The summed E-state index contributed by atoms with van der Waals surface area (Å²) in [7, 11) is 0. The molecule has 9 nitrogen and oxygen atoms in total. The highest BCUT2D eigenvalue weighted by Gasteiger charge is 2.48. The Morgan fingerprint density at radius 3 is 1.63 bits per heavy atom. The summed E-state index contributed by atoms with van der Waals surface area (Å²) >= 11 is 0. The maximum absolute atomic E-state index is 12.8. The van der Waals surface area contributed by atoms with E-state index in [2.05, 4.69) is 46.5 Å². The fourth-order valence-corrected chi connectivity index (χ4v) is 8.06. The Kier molecular flexibility index (Phi) is 14.4. The zero-order valence-electron chi connectivity index (χ0n) is 32.4. The van der Waals surface area contributed by atoms with E-state index in [4.69, 9.17) is 19.3 Å². The molecule has 2 saturated carbocycles. The molecule has 2 aromatic carbocycles. The Hall–Kier alpha value is -5.05. The molecule has 0 bridgehead atoms. The summed E-state index contributed by atoms with van der Waals surface area (Å²) < 4.78 is 91.0. The second-order valence-electron chi connectivity index (χ2n) is 15.9. The summed E-state index contributed by atoms with van der Waals surface area (Å²) in [5.74, 6) is 1.23. The Morgan fingerprint density at radius 1 is 0.695 bits per heavy atom. The van der Waals surface area contributed by atoms with E-state index in [-0.39, 0.29) is 24.7 Å². The molecule has 0 unspecified atom stereocenters. The van der Waals surface area contributed by atoms with E-state index in [0.717, 1.165) is 61.2 Å². The van der Waals surface area contributed by atoms with Crippen LogP contribution < -0.4 is 19.5 Å². The molecule has 4 heterocycles. The van der Waals surface area contributed by atoms with Gasteiger partial charge in [-0.15, -0.1) is 0 Å².